The summed E-state index contributed by atoms with van der Waals surface area (Å²) < 4.78 is 17.4. The Balaban J connectivity index is 4.21. The molecule has 0 N–H and O–H groups in total. The number of carbonyl (C=O) groups is 2. The Hall–Kier alpha value is -1.62. The summed E-state index contributed by atoms with van der Waals surface area (Å²) >= 11 is 0. The zero-order valence-electron chi connectivity index (χ0n) is 40.7. The van der Waals surface area contributed by atoms with E-state index in [1.54, 1.807) is 0 Å². The van der Waals surface area contributed by atoms with Gasteiger partial charge >= 0.3 is 11.9 Å². The number of rotatable bonds is 50. The first-order valence-electron chi connectivity index (χ1n) is 26.9. The van der Waals surface area contributed by atoms with Crippen LogP contribution in [0.5, 0.6) is 0 Å². The molecule has 0 spiro atoms. The minimum atomic E-state index is -0.535. The van der Waals surface area contributed by atoms with Gasteiger partial charge in [-0.15, -0.1) is 0 Å². The van der Waals surface area contributed by atoms with E-state index in [9.17, 15) is 9.59 Å². The second kappa shape index (κ2) is 51.7. The fourth-order valence-electron chi connectivity index (χ4n) is 7.95. The van der Waals surface area contributed by atoms with Crippen LogP contribution in [0, 0.1) is 0 Å². The maximum absolute atomic E-state index is 12.8. The molecule has 0 saturated heterocycles. The van der Waals surface area contributed by atoms with Crippen LogP contribution in [0.3, 0.4) is 0 Å². The third-order valence-corrected chi connectivity index (χ3v) is 12.0. The third-order valence-electron chi connectivity index (χ3n) is 12.0. The highest BCUT2D eigenvalue weighted by molar-refractivity contribution is 5.70. The van der Waals surface area contributed by atoms with Gasteiger partial charge < -0.3 is 14.2 Å². The summed E-state index contributed by atoms with van der Waals surface area (Å²) in [6.45, 7) is 7.85. The lowest BCUT2D eigenvalue weighted by atomic mass is 10.0. The fourth-order valence-corrected chi connectivity index (χ4v) is 7.95. The average Bonchev–Trinajstić information content (AvgIpc) is 3.25. The van der Waals surface area contributed by atoms with Crippen molar-refractivity contribution < 1.29 is 23.8 Å². The summed E-state index contributed by atoms with van der Waals surface area (Å²) in [4.78, 5) is 25.4. The topological polar surface area (TPSA) is 61.8 Å². The van der Waals surface area contributed by atoms with Crippen LogP contribution in [-0.2, 0) is 23.8 Å². The zero-order chi connectivity index (χ0) is 43.5. The van der Waals surface area contributed by atoms with Crippen LogP contribution in [-0.4, -0.2) is 37.9 Å². The summed E-state index contributed by atoms with van der Waals surface area (Å²) in [5.74, 6) is -0.393. The Morgan fingerprint density at radius 2 is 0.700 bits per heavy atom. The van der Waals surface area contributed by atoms with Crippen molar-refractivity contribution in [2.24, 2.45) is 0 Å². The van der Waals surface area contributed by atoms with E-state index in [4.69, 9.17) is 14.2 Å². The van der Waals surface area contributed by atoms with E-state index in [0.29, 0.717) is 26.1 Å². The van der Waals surface area contributed by atoms with Crippen molar-refractivity contribution in [1.29, 1.82) is 0 Å². The van der Waals surface area contributed by atoms with Crippen molar-refractivity contribution in [3.05, 3.63) is 24.3 Å². The highest BCUT2D eigenvalue weighted by Gasteiger charge is 2.17. The minimum Gasteiger partial charge on any atom is -0.462 e. The van der Waals surface area contributed by atoms with Gasteiger partial charge in [-0.1, -0.05) is 251 Å². The van der Waals surface area contributed by atoms with E-state index in [1.807, 2.05) is 0 Å². The van der Waals surface area contributed by atoms with Crippen LogP contribution in [0.15, 0.2) is 24.3 Å². The average molecular weight is 845 g/mol. The van der Waals surface area contributed by atoms with Gasteiger partial charge in [0.1, 0.15) is 6.61 Å². The molecule has 0 aromatic heterocycles. The lowest BCUT2D eigenvalue weighted by molar-refractivity contribution is -0.163. The molecule has 5 heteroatoms. The summed E-state index contributed by atoms with van der Waals surface area (Å²) in [6.07, 6.45) is 60.4. The van der Waals surface area contributed by atoms with Crippen LogP contribution in [0.2, 0.25) is 0 Å². The number of allylic oxidation sites excluding steroid dienone is 4. The number of hydrogen-bond donors (Lipinski definition) is 0. The first kappa shape index (κ1) is 58.4. The van der Waals surface area contributed by atoms with Crippen LogP contribution < -0.4 is 0 Å². The molecular formula is C55H104O5. The van der Waals surface area contributed by atoms with Crippen molar-refractivity contribution in [3.8, 4) is 0 Å². The Kier molecular flexibility index (Phi) is 50.3. The van der Waals surface area contributed by atoms with E-state index < -0.39 is 6.10 Å². The Bertz CT molecular complexity index is 913. The highest BCUT2D eigenvalue weighted by atomic mass is 16.6. The van der Waals surface area contributed by atoms with Gasteiger partial charge in [-0.05, 0) is 51.4 Å². The van der Waals surface area contributed by atoms with Crippen LogP contribution in [0.1, 0.15) is 290 Å². The van der Waals surface area contributed by atoms with Crippen molar-refractivity contribution >= 4 is 11.9 Å². The molecule has 354 valence electrons. The van der Waals surface area contributed by atoms with Crippen LogP contribution in [0.4, 0.5) is 0 Å². The second-order valence-corrected chi connectivity index (χ2v) is 18.1. The largest absolute Gasteiger partial charge is 0.462 e. The molecule has 0 aromatic carbocycles. The molecule has 0 amide bonds. The molecule has 0 aliphatic carbocycles. The van der Waals surface area contributed by atoms with Crippen molar-refractivity contribution in [3.63, 3.8) is 0 Å². The Morgan fingerprint density at radius 1 is 0.367 bits per heavy atom. The third kappa shape index (κ3) is 49.0. The Morgan fingerprint density at radius 3 is 1.13 bits per heavy atom. The second-order valence-electron chi connectivity index (χ2n) is 18.1. The zero-order valence-corrected chi connectivity index (χ0v) is 40.7. The van der Waals surface area contributed by atoms with Gasteiger partial charge in [0.25, 0.3) is 0 Å². The molecule has 0 heterocycles. The van der Waals surface area contributed by atoms with Gasteiger partial charge in [0.15, 0.2) is 6.10 Å². The molecule has 0 bridgehead atoms. The molecule has 5 nitrogen and oxygen atoms in total. The molecule has 0 rings (SSSR count). The number of esters is 2. The lowest BCUT2D eigenvalue weighted by Gasteiger charge is -2.18. The maximum Gasteiger partial charge on any atom is 0.306 e. The summed E-state index contributed by atoms with van der Waals surface area (Å²) in [6, 6.07) is 0. The van der Waals surface area contributed by atoms with E-state index in [2.05, 4.69) is 45.1 Å². The predicted molar refractivity (Wildman–Crippen MR) is 261 cm³/mol. The number of hydrogen-bond acceptors (Lipinski definition) is 5. The molecule has 0 radical (unpaired) electrons. The van der Waals surface area contributed by atoms with Gasteiger partial charge in [-0.3, -0.25) is 9.59 Å². The molecule has 0 fully saturated rings. The predicted octanol–water partition coefficient (Wildman–Crippen LogP) is 18.0. The first-order valence-corrected chi connectivity index (χ1v) is 26.9. The monoisotopic (exact) mass is 845 g/mol. The van der Waals surface area contributed by atoms with E-state index >= 15 is 0 Å². The normalized spacial score (nSPS) is 12.2. The van der Waals surface area contributed by atoms with Gasteiger partial charge in [-0.25, -0.2) is 0 Å². The van der Waals surface area contributed by atoms with Gasteiger partial charge in [0, 0.05) is 19.4 Å². The lowest BCUT2D eigenvalue weighted by Crippen LogP contribution is -2.30. The SMILES string of the molecule is CCCCC/C=C\C/C=C\CCCCCCCC(=O)OC(COCCCCCCCCCCCCCC)COC(=O)CCCCCCCCCCCCCCCCCCC. The van der Waals surface area contributed by atoms with Crippen molar-refractivity contribution in [1.82, 2.24) is 0 Å². The van der Waals surface area contributed by atoms with Crippen molar-refractivity contribution in [2.45, 2.75) is 297 Å². The summed E-state index contributed by atoms with van der Waals surface area (Å²) in [5, 5.41) is 0. The number of unbranched alkanes of at least 4 members (excludes halogenated alkanes) is 35. The Labute approximate surface area is 375 Å². The molecule has 0 saturated carbocycles. The van der Waals surface area contributed by atoms with Gasteiger partial charge in [0.2, 0.25) is 0 Å². The van der Waals surface area contributed by atoms with Crippen LogP contribution in [0.25, 0.3) is 0 Å². The number of carbonyl (C=O) groups excluding carboxylic acids is 2. The molecule has 1 atom stereocenters. The number of ether oxygens (including phenoxy) is 3. The smallest absolute Gasteiger partial charge is 0.306 e. The quantitative estimate of drug-likeness (QED) is 0.0347. The molecule has 60 heavy (non-hydrogen) atoms. The molecule has 0 aliphatic heterocycles. The highest BCUT2D eigenvalue weighted by Crippen LogP contribution is 2.16. The van der Waals surface area contributed by atoms with Gasteiger partial charge in [-0.2, -0.15) is 0 Å². The van der Waals surface area contributed by atoms with E-state index in [-0.39, 0.29) is 18.5 Å². The summed E-state index contributed by atoms with van der Waals surface area (Å²) in [5.41, 5.74) is 0. The van der Waals surface area contributed by atoms with Crippen molar-refractivity contribution in [2.75, 3.05) is 19.8 Å². The van der Waals surface area contributed by atoms with Gasteiger partial charge in [0.05, 0.1) is 6.61 Å². The summed E-state index contributed by atoms with van der Waals surface area (Å²) in [7, 11) is 0. The molecular weight excluding hydrogens is 741 g/mol. The van der Waals surface area contributed by atoms with Crippen LogP contribution >= 0.6 is 0 Å². The fraction of sp³-hybridized carbons (Fsp3) is 0.891. The molecule has 0 aliphatic rings. The maximum atomic E-state index is 12.8. The molecule has 0 aromatic rings. The molecule has 1 unspecified atom stereocenters. The van der Waals surface area contributed by atoms with E-state index in [0.717, 1.165) is 51.4 Å². The van der Waals surface area contributed by atoms with E-state index in [1.165, 1.54) is 205 Å². The minimum absolute atomic E-state index is 0.0874. The first-order chi connectivity index (χ1) is 29.6. The standard InChI is InChI=1S/C55H104O5/c1-4-7-10-13-16-19-22-25-27-28-30-31-33-36-39-42-45-48-54(56)59-52-53(51-58-50-47-44-41-38-35-24-21-18-15-12-9-6-3)60-55(57)49-46-43-40-37-34-32-29-26-23-20-17-14-11-8-5-2/h17,20,26,29,53H,4-16,18-19,21-25,27-28,30-52H2,1-3H3/b20-17-,29-26-.